The second-order valence-electron chi connectivity index (χ2n) is 8.47. The molecular weight excluding hydrogens is 432 g/mol. The van der Waals surface area contributed by atoms with Crippen molar-refractivity contribution in [2.75, 3.05) is 14.1 Å². The van der Waals surface area contributed by atoms with Crippen LogP contribution in [0.3, 0.4) is 0 Å². The molecule has 0 bridgehead atoms. The number of hydroxylamine groups is 2. The van der Waals surface area contributed by atoms with E-state index in [9.17, 15) is 4.79 Å². The van der Waals surface area contributed by atoms with E-state index in [4.69, 9.17) is 16.4 Å². The Hall–Kier alpha value is -2.95. The summed E-state index contributed by atoms with van der Waals surface area (Å²) in [5.74, 6) is -0.375. The molecule has 3 aromatic rings. The Balaban J connectivity index is 2.04. The Kier molecular flexibility index (Phi) is 8.06. The van der Waals surface area contributed by atoms with Crippen molar-refractivity contribution >= 4 is 29.2 Å². The summed E-state index contributed by atoms with van der Waals surface area (Å²) in [6.07, 6.45) is 6.04. The SMILES string of the molecule is CCC/C(=C\c1cc(-c2ccc(C(=O)ON(C)C)cc2C)cnc1C)c1c(C)cccc1Cl. The van der Waals surface area contributed by atoms with Crippen LogP contribution in [0.5, 0.6) is 0 Å². The van der Waals surface area contributed by atoms with Gasteiger partial charge < -0.3 is 4.84 Å². The van der Waals surface area contributed by atoms with Gasteiger partial charge in [-0.1, -0.05) is 43.1 Å². The molecule has 1 heterocycles. The van der Waals surface area contributed by atoms with Gasteiger partial charge in [-0.25, -0.2) is 4.79 Å². The Bertz CT molecular complexity index is 1180. The van der Waals surface area contributed by atoms with Crippen molar-refractivity contribution in [3.63, 3.8) is 0 Å². The monoisotopic (exact) mass is 462 g/mol. The molecule has 0 amide bonds. The fourth-order valence-corrected chi connectivity index (χ4v) is 4.28. The molecule has 0 saturated carbocycles. The van der Waals surface area contributed by atoms with E-state index < -0.39 is 0 Å². The van der Waals surface area contributed by atoms with Crippen molar-refractivity contribution in [3.05, 3.63) is 87.2 Å². The third kappa shape index (κ3) is 5.89. The average molecular weight is 463 g/mol. The maximum atomic E-state index is 12.2. The first-order chi connectivity index (χ1) is 15.7. The molecule has 3 rings (SSSR count). The normalized spacial score (nSPS) is 11.7. The second kappa shape index (κ2) is 10.8. The van der Waals surface area contributed by atoms with E-state index in [-0.39, 0.29) is 5.97 Å². The van der Waals surface area contributed by atoms with Crippen LogP contribution < -0.4 is 0 Å². The number of hydrogen-bond donors (Lipinski definition) is 0. The number of benzene rings is 2. The van der Waals surface area contributed by atoms with Crippen molar-refractivity contribution in [1.29, 1.82) is 0 Å². The first-order valence-corrected chi connectivity index (χ1v) is 11.5. The van der Waals surface area contributed by atoms with Crippen LogP contribution in [0.2, 0.25) is 5.02 Å². The summed E-state index contributed by atoms with van der Waals surface area (Å²) in [4.78, 5) is 22.1. The summed E-state index contributed by atoms with van der Waals surface area (Å²) in [7, 11) is 3.37. The summed E-state index contributed by atoms with van der Waals surface area (Å²) < 4.78 is 0. The zero-order valence-corrected chi connectivity index (χ0v) is 21.0. The van der Waals surface area contributed by atoms with Gasteiger partial charge in [-0.2, -0.15) is 0 Å². The van der Waals surface area contributed by atoms with E-state index >= 15 is 0 Å². The molecule has 2 aromatic carbocycles. The highest BCUT2D eigenvalue weighted by Crippen LogP contribution is 2.33. The predicted octanol–water partition coefficient (Wildman–Crippen LogP) is 7.30. The summed E-state index contributed by atoms with van der Waals surface area (Å²) in [6.45, 7) is 8.28. The van der Waals surface area contributed by atoms with Crippen LogP contribution in [-0.2, 0) is 4.84 Å². The van der Waals surface area contributed by atoms with Gasteiger partial charge in [0, 0.05) is 36.6 Å². The van der Waals surface area contributed by atoms with E-state index in [1.165, 1.54) is 16.2 Å². The van der Waals surface area contributed by atoms with Crippen LogP contribution in [0.4, 0.5) is 0 Å². The second-order valence-corrected chi connectivity index (χ2v) is 8.88. The molecular formula is C28H31ClN2O2. The summed E-state index contributed by atoms with van der Waals surface area (Å²) >= 11 is 6.59. The van der Waals surface area contributed by atoms with Gasteiger partial charge in [-0.15, -0.1) is 5.06 Å². The number of pyridine rings is 1. The van der Waals surface area contributed by atoms with Crippen LogP contribution in [0.1, 0.15) is 58.1 Å². The summed E-state index contributed by atoms with van der Waals surface area (Å²) in [6, 6.07) is 13.8. The smallest absolute Gasteiger partial charge is 0.357 e. The van der Waals surface area contributed by atoms with Gasteiger partial charge in [0.05, 0.1) is 5.56 Å². The lowest BCUT2D eigenvalue weighted by atomic mass is 9.93. The Morgan fingerprint density at radius 1 is 1.09 bits per heavy atom. The summed E-state index contributed by atoms with van der Waals surface area (Å²) in [5.41, 5.74) is 9.04. The number of allylic oxidation sites excluding steroid dienone is 1. The Morgan fingerprint density at radius 2 is 1.85 bits per heavy atom. The van der Waals surface area contributed by atoms with Gasteiger partial charge in [-0.3, -0.25) is 4.98 Å². The zero-order chi connectivity index (χ0) is 24.1. The molecule has 0 aliphatic rings. The highest BCUT2D eigenvalue weighted by Gasteiger charge is 2.14. The number of halogens is 1. The lowest BCUT2D eigenvalue weighted by molar-refractivity contribution is -0.0713. The van der Waals surface area contributed by atoms with Gasteiger partial charge in [-0.05, 0) is 90.9 Å². The molecule has 0 atom stereocenters. The molecule has 0 spiro atoms. The maximum absolute atomic E-state index is 12.2. The molecule has 0 aliphatic heterocycles. The first kappa shape index (κ1) is 24.7. The highest BCUT2D eigenvalue weighted by atomic mass is 35.5. The molecule has 1 aromatic heterocycles. The number of nitrogens with zero attached hydrogens (tertiary/aromatic N) is 2. The molecule has 0 N–H and O–H groups in total. The predicted molar refractivity (Wildman–Crippen MR) is 137 cm³/mol. The standard InChI is InChI=1S/C28H31ClN2O2/c1-7-9-21(27-18(2)10-8-11-26(27)29)15-23-16-24(17-30-20(23)4)25-13-12-22(14-19(25)3)28(32)33-31(5)6/h8,10-17H,7,9H2,1-6H3/b21-15+. The number of rotatable bonds is 7. The first-order valence-electron chi connectivity index (χ1n) is 11.1. The number of carbonyl (C=O) groups is 1. The minimum Gasteiger partial charge on any atom is -0.364 e. The molecule has 0 aliphatic carbocycles. The quantitative estimate of drug-likeness (QED) is 0.345. The highest BCUT2D eigenvalue weighted by molar-refractivity contribution is 6.32. The molecule has 33 heavy (non-hydrogen) atoms. The van der Waals surface area contributed by atoms with Gasteiger partial charge in [0.1, 0.15) is 0 Å². The lowest BCUT2D eigenvalue weighted by Gasteiger charge is -2.15. The average Bonchev–Trinajstić information content (AvgIpc) is 2.75. The molecule has 172 valence electrons. The van der Waals surface area contributed by atoms with Crippen LogP contribution in [0.15, 0.2) is 48.7 Å². The van der Waals surface area contributed by atoms with Crippen molar-refractivity contribution in [2.45, 2.75) is 40.5 Å². The Morgan fingerprint density at radius 3 is 2.48 bits per heavy atom. The van der Waals surface area contributed by atoms with E-state index in [0.717, 1.165) is 51.4 Å². The van der Waals surface area contributed by atoms with Crippen LogP contribution in [0, 0.1) is 20.8 Å². The van der Waals surface area contributed by atoms with Crippen molar-refractivity contribution < 1.29 is 9.63 Å². The van der Waals surface area contributed by atoms with E-state index in [1.54, 1.807) is 20.2 Å². The zero-order valence-electron chi connectivity index (χ0n) is 20.2. The molecule has 0 radical (unpaired) electrons. The van der Waals surface area contributed by atoms with Gasteiger partial charge in [0.15, 0.2) is 0 Å². The lowest BCUT2D eigenvalue weighted by Crippen LogP contribution is -2.18. The van der Waals surface area contributed by atoms with E-state index in [1.807, 2.05) is 44.3 Å². The molecule has 4 nitrogen and oxygen atoms in total. The van der Waals surface area contributed by atoms with Gasteiger partial charge in [0.25, 0.3) is 0 Å². The Labute approximate surface area is 201 Å². The fourth-order valence-electron chi connectivity index (χ4n) is 3.94. The van der Waals surface area contributed by atoms with E-state index in [0.29, 0.717) is 5.56 Å². The van der Waals surface area contributed by atoms with Crippen LogP contribution in [-0.4, -0.2) is 30.1 Å². The van der Waals surface area contributed by atoms with Gasteiger partial charge >= 0.3 is 5.97 Å². The third-order valence-electron chi connectivity index (χ3n) is 5.56. The van der Waals surface area contributed by atoms with Crippen molar-refractivity contribution in [2.24, 2.45) is 0 Å². The molecule has 0 fully saturated rings. The molecule has 5 heteroatoms. The molecule has 0 unspecified atom stereocenters. The van der Waals surface area contributed by atoms with Crippen LogP contribution in [0.25, 0.3) is 22.8 Å². The van der Waals surface area contributed by atoms with Gasteiger partial charge in [0.2, 0.25) is 0 Å². The largest absolute Gasteiger partial charge is 0.364 e. The topological polar surface area (TPSA) is 42.4 Å². The fraction of sp³-hybridized carbons (Fsp3) is 0.286. The number of aromatic nitrogens is 1. The summed E-state index contributed by atoms with van der Waals surface area (Å²) in [5, 5.41) is 2.16. The van der Waals surface area contributed by atoms with Crippen molar-refractivity contribution in [3.8, 4) is 11.1 Å². The third-order valence-corrected chi connectivity index (χ3v) is 5.87. The van der Waals surface area contributed by atoms with Crippen LogP contribution >= 0.6 is 11.6 Å². The number of hydrogen-bond acceptors (Lipinski definition) is 4. The van der Waals surface area contributed by atoms with Crippen molar-refractivity contribution in [1.82, 2.24) is 10.0 Å². The minimum absolute atomic E-state index is 0.375. The minimum atomic E-state index is -0.375. The number of carbonyl (C=O) groups excluding carboxylic acids is 1. The molecule has 0 saturated heterocycles. The van der Waals surface area contributed by atoms with E-state index in [2.05, 4.69) is 37.0 Å². The maximum Gasteiger partial charge on any atom is 0.357 e. The number of aryl methyl sites for hydroxylation is 3.